The molecule has 28 heavy (non-hydrogen) atoms. The number of amides is 1. The van der Waals surface area contributed by atoms with Gasteiger partial charge >= 0.3 is 5.69 Å². The van der Waals surface area contributed by atoms with Crippen molar-refractivity contribution >= 4 is 22.6 Å². The largest absolute Gasteiger partial charge is 0.493 e. The van der Waals surface area contributed by atoms with Gasteiger partial charge in [0, 0.05) is 14.1 Å². The molecule has 1 N–H and O–H groups in total. The molecule has 2 aromatic heterocycles. The van der Waals surface area contributed by atoms with Crippen LogP contribution >= 0.6 is 0 Å². The minimum absolute atomic E-state index is 0.150. The predicted molar refractivity (Wildman–Crippen MR) is 107 cm³/mol. The number of hydrogen-bond acceptors (Lipinski definition) is 5. The highest BCUT2D eigenvalue weighted by Gasteiger charge is 2.11. The maximum Gasteiger partial charge on any atom is 0.332 e. The highest BCUT2D eigenvalue weighted by atomic mass is 16.5. The summed E-state index contributed by atoms with van der Waals surface area (Å²) in [5.41, 5.74) is 1.84. The Bertz CT molecular complexity index is 1180. The Morgan fingerprint density at radius 1 is 1.14 bits per heavy atom. The molecule has 146 valence electrons. The summed E-state index contributed by atoms with van der Waals surface area (Å²) in [6.07, 6.45) is 1.57. The summed E-state index contributed by atoms with van der Waals surface area (Å²) in [6, 6.07) is 7.43. The zero-order chi connectivity index (χ0) is 20.4. The van der Waals surface area contributed by atoms with E-state index in [0.717, 1.165) is 21.4 Å². The summed E-state index contributed by atoms with van der Waals surface area (Å²) < 4.78 is 7.99. The number of nitrogens with zero attached hydrogens (tertiary/aromatic N) is 3. The molecule has 0 atom stereocenters. The quantitative estimate of drug-likeness (QED) is 0.724. The number of rotatable bonds is 5. The van der Waals surface area contributed by atoms with Gasteiger partial charge in [0.25, 0.3) is 5.56 Å². The molecule has 0 bridgehead atoms. The first-order chi connectivity index (χ1) is 13.3. The molecule has 3 rings (SSSR count). The lowest BCUT2D eigenvalue weighted by Gasteiger charge is -2.11. The Labute approximate surface area is 161 Å². The molecule has 1 amide bonds. The molecule has 3 aromatic rings. The lowest BCUT2D eigenvalue weighted by molar-refractivity contribution is -0.116. The van der Waals surface area contributed by atoms with Crippen LogP contribution in [0.2, 0.25) is 0 Å². The molecular weight excluding hydrogens is 360 g/mol. The molecule has 0 aliphatic heterocycles. The van der Waals surface area contributed by atoms with Crippen LogP contribution in [0.5, 0.6) is 5.75 Å². The summed E-state index contributed by atoms with van der Waals surface area (Å²) in [6.45, 7) is 4.16. The molecule has 0 saturated heterocycles. The van der Waals surface area contributed by atoms with Gasteiger partial charge in [0.1, 0.15) is 11.4 Å². The van der Waals surface area contributed by atoms with E-state index in [1.54, 1.807) is 7.05 Å². The fourth-order valence-electron chi connectivity index (χ4n) is 2.87. The Balaban J connectivity index is 1.70. The highest BCUT2D eigenvalue weighted by Crippen LogP contribution is 2.19. The second-order valence-corrected chi connectivity index (χ2v) is 6.72. The van der Waals surface area contributed by atoms with E-state index in [2.05, 4.69) is 10.3 Å². The number of aryl methyl sites for hydroxylation is 3. The predicted octanol–water partition coefficient (Wildman–Crippen LogP) is 1.66. The van der Waals surface area contributed by atoms with Gasteiger partial charge < -0.3 is 10.1 Å². The van der Waals surface area contributed by atoms with Crippen LogP contribution in [0.3, 0.4) is 0 Å². The van der Waals surface area contributed by atoms with Crippen LogP contribution in [0.15, 0.2) is 40.1 Å². The van der Waals surface area contributed by atoms with Crippen molar-refractivity contribution in [3.63, 3.8) is 0 Å². The van der Waals surface area contributed by atoms with Gasteiger partial charge in [-0.05, 0) is 37.1 Å². The Kier molecular flexibility index (Phi) is 5.30. The summed E-state index contributed by atoms with van der Waals surface area (Å²) in [5.74, 6) is 0.498. The van der Waals surface area contributed by atoms with Crippen LogP contribution in [0.4, 0.5) is 5.69 Å². The Morgan fingerprint density at radius 3 is 2.64 bits per heavy atom. The van der Waals surface area contributed by atoms with Crippen molar-refractivity contribution in [2.24, 2.45) is 14.1 Å². The first-order valence-corrected chi connectivity index (χ1v) is 8.83. The van der Waals surface area contributed by atoms with Gasteiger partial charge in [-0.3, -0.25) is 18.7 Å². The molecule has 2 heterocycles. The van der Waals surface area contributed by atoms with E-state index in [1.807, 2.05) is 32.0 Å². The van der Waals surface area contributed by atoms with Gasteiger partial charge in [-0.2, -0.15) is 0 Å². The third kappa shape index (κ3) is 3.80. The fourth-order valence-corrected chi connectivity index (χ4v) is 2.87. The summed E-state index contributed by atoms with van der Waals surface area (Å²) >= 11 is 0. The Morgan fingerprint density at radius 2 is 1.89 bits per heavy atom. The van der Waals surface area contributed by atoms with Crippen LogP contribution in [0, 0.1) is 13.8 Å². The molecule has 0 spiro atoms. The van der Waals surface area contributed by atoms with Gasteiger partial charge in [0.2, 0.25) is 5.91 Å². The van der Waals surface area contributed by atoms with E-state index in [9.17, 15) is 14.4 Å². The molecule has 0 fully saturated rings. The first-order valence-electron chi connectivity index (χ1n) is 8.83. The van der Waals surface area contributed by atoms with E-state index >= 15 is 0 Å². The molecule has 0 aliphatic carbocycles. The molecular formula is C20H22N4O4. The zero-order valence-corrected chi connectivity index (χ0v) is 16.3. The first kappa shape index (κ1) is 19.3. The fraction of sp³-hybridized carbons (Fsp3) is 0.300. The molecule has 8 heteroatoms. The second-order valence-electron chi connectivity index (χ2n) is 6.72. The molecule has 0 aliphatic rings. The lowest BCUT2D eigenvalue weighted by Crippen LogP contribution is -2.37. The molecule has 0 radical (unpaired) electrons. The van der Waals surface area contributed by atoms with Gasteiger partial charge in [0.05, 0.1) is 30.3 Å². The number of aromatic nitrogens is 3. The van der Waals surface area contributed by atoms with Crippen LogP contribution in [-0.2, 0) is 18.9 Å². The maximum absolute atomic E-state index is 12.3. The third-order valence-electron chi connectivity index (χ3n) is 4.51. The number of carbonyl (C=O) groups is 1. The van der Waals surface area contributed by atoms with E-state index in [1.165, 1.54) is 23.9 Å². The number of fused-ring (bicyclic) bond motifs is 1. The monoisotopic (exact) mass is 382 g/mol. The van der Waals surface area contributed by atoms with Gasteiger partial charge in [0.15, 0.2) is 0 Å². The van der Waals surface area contributed by atoms with Gasteiger partial charge in [-0.25, -0.2) is 9.78 Å². The molecule has 8 nitrogen and oxygen atoms in total. The highest BCUT2D eigenvalue weighted by molar-refractivity contribution is 5.92. The minimum atomic E-state index is -0.458. The van der Waals surface area contributed by atoms with Gasteiger partial charge in [-0.15, -0.1) is 0 Å². The number of anilines is 1. The second kappa shape index (κ2) is 7.67. The normalized spacial score (nSPS) is 10.9. The van der Waals surface area contributed by atoms with Crippen LogP contribution < -0.4 is 21.3 Å². The standard InChI is InChI=1S/C20H22N4O4/c1-12-5-6-13(2)16(9-12)28-8-7-17(25)22-14-10-15-18(21-11-14)23(3)20(27)24(4)19(15)26/h5-6,9-11H,7-8H2,1-4H3,(H,22,25). The molecule has 1 aromatic carbocycles. The van der Waals surface area contributed by atoms with E-state index in [4.69, 9.17) is 4.74 Å². The number of pyridine rings is 1. The van der Waals surface area contributed by atoms with Crippen LogP contribution in [0.25, 0.3) is 11.0 Å². The minimum Gasteiger partial charge on any atom is -0.493 e. The van der Waals surface area contributed by atoms with Crippen molar-refractivity contribution in [3.05, 3.63) is 62.4 Å². The van der Waals surface area contributed by atoms with Crippen molar-refractivity contribution < 1.29 is 9.53 Å². The average Bonchev–Trinajstić information content (AvgIpc) is 2.67. The van der Waals surface area contributed by atoms with Gasteiger partial charge in [-0.1, -0.05) is 12.1 Å². The van der Waals surface area contributed by atoms with Crippen molar-refractivity contribution in [1.82, 2.24) is 14.1 Å². The number of hydrogen-bond donors (Lipinski definition) is 1. The maximum atomic E-state index is 12.3. The Hall–Kier alpha value is -3.42. The van der Waals surface area contributed by atoms with Crippen LogP contribution in [-0.4, -0.2) is 26.6 Å². The third-order valence-corrected chi connectivity index (χ3v) is 4.51. The van der Waals surface area contributed by atoms with E-state index in [0.29, 0.717) is 5.69 Å². The number of benzene rings is 1. The number of carbonyl (C=O) groups excluding carboxylic acids is 1. The molecule has 0 unspecified atom stereocenters. The number of nitrogens with one attached hydrogen (secondary N) is 1. The van der Waals surface area contributed by atoms with E-state index in [-0.39, 0.29) is 30.0 Å². The summed E-state index contributed by atoms with van der Waals surface area (Å²) in [5, 5.41) is 2.97. The smallest absolute Gasteiger partial charge is 0.332 e. The van der Waals surface area contributed by atoms with Crippen molar-refractivity contribution in [2.45, 2.75) is 20.3 Å². The van der Waals surface area contributed by atoms with E-state index < -0.39 is 11.2 Å². The van der Waals surface area contributed by atoms with Crippen molar-refractivity contribution in [1.29, 1.82) is 0 Å². The molecule has 0 saturated carbocycles. The lowest BCUT2D eigenvalue weighted by atomic mass is 10.1. The van der Waals surface area contributed by atoms with Crippen molar-refractivity contribution in [2.75, 3.05) is 11.9 Å². The summed E-state index contributed by atoms with van der Waals surface area (Å²) in [7, 11) is 2.94. The van der Waals surface area contributed by atoms with Crippen molar-refractivity contribution in [3.8, 4) is 5.75 Å². The zero-order valence-electron chi connectivity index (χ0n) is 16.3. The summed E-state index contributed by atoms with van der Waals surface area (Å²) in [4.78, 5) is 40.6. The number of ether oxygens (including phenoxy) is 1. The topological polar surface area (TPSA) is 95.2 Å². The van der Waals surface area contributed by atoms with Crippen LogP contribution in [0.1, 0.15) is 17.5 Å². The SMILES string of the molecule is Cc1ccc(C)c(OCCC(=O)Nc2cnc3c(c2)c(=O)n(C)c(=O)n3C)c1. The average molecular weight is 382 g/mol.